The first-order chi connectivity index (χ1) is 48.4. The third-order valence-corrected chi connectivity index (χ3v) is 17.8. The molecule has 0 aliphatic carbocycles. The molecule has 0 fully saturated rings. The zero-order valence-corrected chi connectivity index (χ0v) is 68.7. The van der Waals surface area contributed by atoms with Crippen molar-refractivity contribution in [3.05, 3.63) is 308 Å². The van der Waals surface area contributed by atoms with E-state index in [0.29, 0.717) is 47.3 Å². The monoisotopic (exact) mass is 1470 g/mol. The van der Waals surface area contributed by atoms with Gasteiger partial charge in [-0.25, -0.2) is 4.79 Å². The van der Waals surface area contributed by atoms with Crippen molar-refractivity contribution in [2.24, 2.45) is 5.92 Å². The summed E-state index contributed by atoms with van der Waals surface area (Å²) in [5, 5.41) is 27.1. The summed E-state index contributed by atoms with van der Waals surface area (Å²) in [6.45, 7) is 47.0. The van der Waals surface area contributed by atoms with Crippen LogP contribution in [0.1, 0.15) is 257 Å². The van der Waals surface area contributed by atoms with Crippen LogP contribution in [0.25, 0.3) is 21.9 Å². The van der Waals surface area contributed by atoms with Gasteiger partial charge in [0.05, 0.1) is 17.0 Å². The van der Waals surface area contributed by atoms with Gasteiger partial charge in [0.1, 0.15) is 4.88 Å². The third kappa shape index (κ3) is 34.0. The number of nitrogens with zero attached hydrogens (tertiary/aromatic N) is 3. The molecule has 9 nitrogen and oxygen atoms in total. The number of esters is 1. The van der Waals surface area contributed by atoms with E-state index in [-0.39, 0.29) is 34.6 Å². The molecule has 0 radical (unpaired) electrons. The Morgan fingerprint density at radius 2 is 0.808 bits per heavy atom. The molecule has 1 aromatic heterocycles. The maximum absolute atomic E-state index is 11.2. The van der Waals surface area contributed by atoms with Crippen LogP contribution in [-0.4, -0.2) is 37.0 Å². The predicted octanol–water partition coefficient (Wildman–Crippen LogP) is 29.6. The van der Waals surface area contributed by atoms with Gasteiger partial charge in [-0.15, -0.1) is 11.3 Å². The molecule has 562 valence electrons. The number of halogens is 2. The number of non-ortho nitro benzene ring substituents is 2. The number of benzene rings is 9. The van der Waals surface area contributed by atoms with Crippen molar-refractivity contribution >= 4 is 68.3 Å². The van der Waals surface area contributed by atoms with Crippen molar-refractivity contribution in [2.45, 2.75) is 207 Å². The van der Waals surface area contributed by atoms with Gasteiger partial charge in [-0.05, 0) is 188 Å². The number of anilines is 1. The van der Waals surface area contributed by atoms with Gasteiger partial charge in [0.15, 0.2) is 0 Å². The van der Waals surface area contributed by atoms with E-state index < -0.39 is 0 Å². The topological polar surface area (TPSA) is 116 Å². The fourth-order valence-electron chi connectivity index (χ4n) is 10.4. The molecule has 0 N–H and O–H groups in total. The number of nitro benzene ring substituents is 2. The molecular formula is C92H123Cl2N3O6S. The number of hydrogen-bond acceptors (Lipinski definition) is 8. The van der Waals surface area contributed by atoms with Gasteiger partial charge in [-0.1, -0.05) is 313 Å². The molecule has 0 aliphatic rings. The van der Waals surface area contributed by atoms with E-state index >= 15 is 0 Å². The SMILES string of the molecule is C.CC(C)C.CC(C)c1ccc(-c2ccccc2)cc1.CC(C)c1ccc(Cl)cc1.CC(C)c1cccc([N+](=O)[O-])c1.CC(C)c1cccc2c(N(C)C)cccc12.COC(=O)c1sccc1C(C)C.Cc1cc(Cl)ccc1C(C)C.Cc1cc([N+](=O)[O-])ccc1C(C)C.Cc1ccc(C(C)C)cc1. The molecule has 9 aromatic carbocycles. The highest BCUT2D eigenvalue weighted by Crippen LogP contribution is 2.32. The molecule has 12 heteroatoms. The summed E-state index contributed by atoms with van der Waals surface area (Å²) in [5.74, 6) is 4.76. The first-order valence-electron chi connectivity index (χ1n) is 36.0. The second-order valence-corrected chi connectivity index (χ2v) is 30.7. The van der Waals surface area contributed by atoms with Crippen LogP contribution in [0.4, 0.5) is 17.1 Å². The van der Waals surface area contributed by atoms with E-state index in [0.717, 1.165) is 37.5 Å². The molecule has 0 saturated heterocycles. The average molecular weight is 1470 g/mol. The predicted molar refractivity (Wildman–Crippen MR) is 456 cm³/mol. The van der Waals surface area contributed by atoms with E-state index in [1.54, 1.807) is 24.3 Å². The smallest absolute Gasteiger partial charge is 0.348 e. The lowest BCUT2D eigenvalue weighted by atomic mass is 9.95. The minimum atomic E-state index is -0.369. The van der Waals surface area contributed by atoms with Crippen LogP contribution in [0.3, 0.4) is 0 Å². The van der Waals surface area contributed by atoms with Crippen molar-refractivity contribution < 1.29 is 19.4 Å². The number of nitro groups is 2. The number of thiophene rings is 1. The first kappa shape index (κ1) is 93.6. The van der Waals surface area contributed by atoms with E-state index in [4.69, 9.17) is 23.2 Å². The molecule has 0 bridgehead atoms. The number of methoxy groups -OCH3 is 1. The van der Waals surface area contributed by atoms with Gasteiger partial charge in [0.2, 0.25) is 0 Å². The fourth-order valence-corrected chi connectivity index (χ4v) is 11.8. The lowest BCUT2D eigenvalue weighted by Crippen LogP contribution is -2.09. The van der Waals surface area contributed by atoms with Crippen LogP contribution in [0.5, 0.6) is 0 Å². The summed E-state index contributed by atoms with van der Waals surface area (Å²) in [5.41, 5.74) is 18.0. The molecule has 0 atom stereocenters. The van der Waals surface area contributed by atoms with E-state index in [9.17, 15) is 25.0 Å². The fraction of sp³-hybridized carbons (Fsp3) is 0.380. The quantitative estimate of drug-likeness (QED) is 0.0641. The highest BCUT2D eigenvalue weighted by atomic mass is 35.5. The van der Waals surface area contributed by atoms with Gasteiger partial charge in [0.25, 0.3) is 11.4 Å². The van der Waals surface area contributed by atoms with Crippen LogP contribution in [-0.2, 0) is 4.74 Å². The number of ether oxygens (including phenoxy) is 1. The lowest BCUT2D eigenvalue weighted by molar-refractivity contribution is -0.385. The molecule has 1 heterocycles. The van der Waals surface area contributed by atoms with E-state index in [2.05, 4.69) is 283 Å². The van der Waals surface area contributed by atoms with E-state index in [1.807, 2.05) is 74.7 Å². The molecule has 104 heavy (non-hydrogen) atoms. The minimum absolute atomic E-state index is 0. The number of rotatable bonds is 13. The van der Waals surface area contributed by atoms with Gasteiger partial charge in [-0.2, -0.15) is 0 Å². The Labute approximate surface area is 641 Å². The zero-order chi connectivity index (χ0) is 77.8. The maximum atomic E-state index is 11.2. The molecule has 0 unspecified atom stereocenters. The Kier molecular flexibility index (Phi) is 43.7. The third-order valence-electron chi connectivity index (χ3n) is 16.4. The highest BCUT2D eigenvalue weighted by molar-refractivity contribution is 7.12. The second-order valence-electron chi connectivity index (χ2n) is 28.9. The van der Waals surface area contributed by atoms with Crippen LogP contribution >= 0.6 is 34.5 Å². The van der Waals surface area contributed by atoms with Crippen molar-refractivity contribution in [2.75, 3.05) is 26.1 Å². The Balaban J connectivity index is 0.000000592. The lowest BCUT2D eigenvalue weighted by Gasteiger charge is -2.17. The normalized spacial score (nSPS) is 10.4. The highest BCUT2D eigenvalue weighted by Gasteiger charge is 2.16. The van der Waals surface area contributed by atoms with Crippen LogP contribution in [0.2, 0.25) is 10.0 Å². The van der Waals surface area contributed by atoms with Crippen LogP contribution in [0.15, 0.2) is 212 Å². The minimum Gasteiger partial charge on any atom is -0.465 e. The van der Waals surface area contributed by atoms with Crippen molar-refractivity contribution in [1.29, 1.82) is 0 Å². The van der Waals surface area contributed by atoms with Crippen LogP contribution in [0, 0.1) is 46.9 Å². The van der Waals surface area contributed by atoms with Gasteiger partial charge < -0.3 is 9.64 Å². The number of carbonyl (C=O) groups is 1. The van der Waals surface area contributed by atoms with Crippen molar-refractivity contribution in [3.8, 4) is 11.1 Å². The van der Waals surface area contributed by atoms with Crippen molar-refractivity contribution in [1.82, 2.24) is 0 Å². The Morgan fingerprint density at radius 1 is 0.404 bits per heavy atom. The molecule has 0 spiro atoms. The largest absolute Gasteiger partial charge is 0.465 e. The second kappa shape index (κ2) is 48.6. The van der Waals surface area contributed by atoms with Gasteiger partial charge >= 0.3 is 5.97 Å². The Morgan fingerprint density at radius 3 is 1.24 bits per heavy atom. The Bertz CT molecular complexity index is 3980. The van der Waals surface area contributed by atoms with Gasteiger partial charge in [-0.3, -0.25) is 20.2 Å². The molecule has 0 aliphatic heterocycles. The van der Waals surface area contributed by atoms with E-state index in [1.165, 1.54) is 96.6 Å². The number of carbonyl (C=O) groups excluding carboxylic acids is 1. The molecular weight excluding hydrogens is 1350 g/mol. The summed E-state index contributed by atoms with van der Waals surface area (Å²) >= 11 is 13.0. The number of fused-ring (bicyclic) bond motifs is 1. The summed E-state index contributed by atoms with van der Waals surface area (Å²) in [6.07, 6.45) is 0. The molecule has 0 amide bonds. The maximum Gasteiger partial charge on any atom is 0.348 e. The summed E-state index contributed by atoms with van der Waals surface area (Å²) in [6, 6.07) is 68.9. The van der Waals surface area contributed by atoms with Gasteiger partial charge in [0, 0.05) is 59.5 Å². The summed E-state index contributed by atoms with van der Waals surface area (Å²) in [7, 11) is 5.60. The number of aryl methyl sites for hydroxylation is 3. The molecule has 10 rings (SSSR count). The molecule has 10 aromatic rings. The van der Waals surface area contributed by atoms with Crippen LogP contribution < -0.4 is 4.90 Å². The summed E-state index contributed by atoms with van der Waals surface area (Å²) < 4.78 is 4.66. The Hall–Kier alpha value is -8.41. The average Bonchev–Trinajstić information content (AvgIpc) is 0.945. The first-order valence-corrected chi connectivity index (χ1v) is 37.6. The standard InChI is InChI=1S/C15H19N.C15H16.C10H13Cl.C10H13NO2.C10H14.C9H11Cl.C9H11NO2.C9H12O2S.C4H10.CH4/c1-11(2)12-7-5-9-14-13(12)8-6-10-15(14)16(3)4;1-12(2)13-8-10-15(11-9-13)14-6-4-3-5-7-14;1-7(2)10-5-4-9(11)6-8(10)3;1-7(2)10-5-4-9(11(12)13)6-8(10)3;1-8(2)10-6-4-9(3)5-7-10;1-7(2)8-3-5-9(10)6-4-8;1-7(2)8-4-3-5-9(6-8)10(11)12;1-6(2)7-4-5-12-8(7)9(10)11-3;1-4(2)3;/h5-11H,1-4H3;3-12H,1-2H3;4-7H,1-3H3;4-7H,1-3H3;4-8H,1-3H3;3-7H,1-2H3;3-7H,1-2H3;4-6H,1-3H3;4H,1-3H3;1H4. The van der Waals surface area contributed by atoms with Crippen molar-refractivity contribution in [3.63, 3.8) is 0 Å². The zero-order valence-electron chi connectivity index (χ0n) is 66.4. The number of hydrogen-bond donors (Lipinski definition) is 0. The summed E-state index contributed by atoms with van der Waals surface area (Å²) in [4.78, 5) is 34.2. The molecule has 0 saturated carbocycles.